The summed E-state index contributed by atoms with van der Waals surface area (Å²) in [7, 11) is 0. The van der Waals surface area contributed by atoms with Crippen LogP contribution in [0.15, 0.2) is 12.3 Å². The van der Waals surface area contributed by atoms with Crippen LogP contribution in [0.5, 0.6) is 5.88 Å². The van der Waals surface area contributed by atoms with E-state index in [1.807, 2.05) is 20.8 Å². The quantitative estimate of drug-likeness (QED) is 0.657. The van der Waals surface area contributed by atoms with Crippen LogP contribution in [0.25, 0.3) is 0 Å². The van der Waals surface area contributed by atoms with Gasteiger partial charge >= 0.3 is 11.8 Å². The van der Waals surface area contributed by atoms with E-state index in [1.54, 1.807) is 6.92 Å². The van der Waals surface area contributed by atoms with Gasteiger partial charge in [-0.1, -0.05) is 11.6 Å². The third kappa shape index (κ3) is 6.13. The molecule has 0 saturated carbocycles. The molecule has 0 aliphatic heterocycles. The predicted octanol–water partition coefficient (Wildman–Crippen LogP) is 2.94. The van der Waals surface area contributed by atoms with E-state index in [2.05, 4.69) is 10.3 Å². The van der Waals surface area contributed by atoms with Gasteiger partial charge in [-0.3, -0.25) is 10.1 Å². The molecule has 0 spiro atoms. The van der Waals surface area contributed by atoms with Crippen LogP contribution in [0.3, 0.4) is 0 Å². The van der Waals surface area contributed by atoms with Crippen molar-refractivity contribution < 1.29 is 19.2 Å². The van der Waals surface area contributed by atoms with Crippen molar-refractivity contribution in [3.05, 3.63) is 27.4 Å². The monoisotopic (exact) mass is 331 g/mol. The Morgan fingerprint density at radius 2 is 2.18 bits per heavy atom. The molecule has 0 aliphatic carbocycles. The van der Waals surface area contributed by atoms with Crippen molar-refractivity contribution in [1.29, 1.82) is 0 Å². The number of nitro groups is 1. The molecule has 1 aromatic heterocycles. The maximum absolute atomic E-state index is 11.6. The third-order valence-electron chi connectivity index (χ3n) is 2.24. The van der Waals surface area contributed by atoms with Crippen LogP contribution in [0.2, 0.25) is 5.02 Å². The van der Waals surface area contributed by atoms with Crippen LogP contribution >= 0.6 is 11.6 Å². The molecule has 1 N–H and O–H groups in total. The van der Waals surface area contributed by atoms with Crippen LogP contribution in [-0.2, 0) is 4.74 Å². The van der Waals surface area contributed by atoms with Crippen molar-refractivity contribution in [2.45, 2.75) is 39.3 Å². The molecule has 8 nitrogen and oxygen atoms in total. The largest absolute Gasteiger partial charge is 0.469 e. The number of carbonyl (C=O) groups excluding carboxylic acids is 1. The lowest BCUT2D eigenvalue weighted by atomic mass is 10.1. The Hall–Kier alpha value is -2.09. The molecule has 0 unspecified atom stereocenters. The van der Waals surface area contributed by atoms with Gasteiger partial charge in [0.2, 0.25) is 0 Å². The van der Waals surface area contributed by atoms with Gasteiger partial charge in [0.15, 0.2) is 0 Å². The number of nitrogens with one attached hydrogen (secondary N) is 1. The fourth-order valence-corrected chi connectivity index (χ4v) is 1.56. The van der Waals surface area contributed by atoms with Crippen molar-refractivity contribution in [3.8, 4) is 5.88 Å². The molecule has 1 atom stereocenters. The average molecular weight is 332 g/mol. The maximum Gasteiger partial charge on any atom is 0.407 e. The first-order valence-corrected chi connectivity index (χ1v) is 6.88. The van der Waals surface area contributed by atoms with Crippen molar-refractivity contribution in [1.82, 2.24) is 10.3 Å². The minimum absolute atomic E-state index is 0.0764. The minimum Gasteiger partial charge on any atom is -0.469 e. The Balaban J connectivity index is 2.59. The minimum atomic E-state index is -0.647. The number of alkyl carbamates (subject to hydrolysis) is 1. The van der Waals surface area contributed by atoms with E-state index in [0.29, 0.717) is 0 Å². The highest BCUT2D eigenvalue weighted by Gasteiger charge is 2.20. The second kappa shape index (κ2) is 7.26. The first-order valence-electron chi connectivity index (χ1n) is 6.50. The molecule has 9 heteroatoms. The molecule has 1 rings (SSSR count). The van der Waals surface area contributed by atoms with Crippen LogP contribution in [0.1, 0.15) is 27.7 Å². The Kier molecular flexibility index (Phi) is 5.92. The standard InChI is InChI=1S/C13H18ClN3O5/c1-8(22-12(18)16-13(2,3)4)7-21-11-10(17(19)20)5-9(14)6-15-11/h5-6,8H,7H2,1-4H3,(H,16,18)/t8-/m0/s1. The van der Waals surface area contributed by atoms with E-state index in [4.69, 9.17) is 21.1 Å². The first-order chi connectivity index (χ1) is 10.1. The van der Waals surface area contributed by atoms with Gasteiger partial charge in [-0.2, -0.15) is 0 Å². The number of halogens is 1. The molecule has 0 aromatic carbocycles. The molecule has 22 heavy (non-hydrogen) atoms. The highest BCUT2D eigenvalue weighted by molar-refractivity contribution is 6.30. The summed E-state index contributed by atoms with van der Waals surface area (Å²) in [5, 5.41) is 13.6. The number of carbonyl (C=O) groups is 1. The second-order valence-electron chi connectivity index (χ2n) is 5.64. The Morgan fingerprint density at radius 1 is 1.55 bits per heavy atom. The zero-order chi connectivity index (χ0) is 16.9. The number of nitrogens with zero attached hydrogens (tertiary/aromatic N) is 2. The highest BCUT2D eigenvalue weighted by atomic mass is 35.5. The summed E-state index contributed by atoms with van der Waals surface area (Å²) in [6.45, 7) is 6.97. The smallest absolute Gasteiger partial charge is 0.407 e. The summed E-state index contributed by atoms with van der Waals surface area (Å²) in [6, 6.07) is 1.14. The van der Waals surface area contributed by atoms with Crippen LogP contribution in [-0.4, -0.2) is 34.3 Å². The van der Waals surface area contributed by atoms with Crippen LogP contribution < -0.4 is 10.1 Å². The van der Waals surface area contributed by atoms with Gasteiger partial charge < -0.3 is 14.8 Å². The molecule has 0 aliphatic rings. The Bertz CT molecular complexity index is 559. The van der Waals surface area contributed by atoms with E-state index in [1.165, 1.54) is 6.20 Å². The Morgan fingerprint density at radius 3 is 2.73 bits per heavy atom. The van der Waals surface area contributed by atoms with E-state index < -0.39 is 22.7 Å². The van der Waals surface area contributed by atoms with Gasteiger partial charge in [0, 0.05) is 11.6 Å². The normalized spacial score (nSPS) is 12.4. The average Bonchev–Trinajstić information content (AvgIpc) is 2.34. The number of rotatable bonds is 5. The zero-order valence-electron chi connectivity index (χ0n) is 12.8. The molecular formula is C13H18ClN3O5. The van der Waals surface area contributed by atoms with Gasteiger partial charge in [0.1, 0.15) is 12.7 Å². The summed E-state index contributed by atoms with van der Waals surface area (Å²) in [4.78, 5) is 25.6. The van der Waals surface area contributed by atoms with E-state index >= 15 is 0 Å². The van der Waals surface area contributed by atoms with Gasteiger partial charge in [-0.05, 0) is 27.7 Å². The number of hydrogen-bond acceptors (Lipinski definition) is 6. The summed E-state index contributed by atoms with van der Waals surface area (Å²) in [5.41, 5.74) is -0.771. The summed E-state index contributed by atoms with van der Waals surface area (Å²) >= 11 is 5.65. The molecule has 0 bridgehead atoms. The Labute approximate surface area is 132 Å². The van der Waals surface area contributed by atoms with Gasteiger partial charge in [-0.15, -0.1) is 0 Å². The van der Waals surface area contributed by atoms with E-state index in [9.17, 15) is 14.9 Å². The summed E-state index contributed by atoms with van der Waals surface area (Å²) < 4.78 is 10.3. The van der Waals surface area contributed by atoms with Crippen LogP contribution in [0, 0.1) is 10.1 Å². The van der Waals surface area contributed by atoms with Gasteiger partial charge in [-0.25, -0.2) is 9.78 Å². The zero-order valence-corrected chi connectivity index (χ0v) is 13.5. The summed E-state index contributed by atoms with van der Waals surface area (Å²) in [6.07, 6.45) is 0.0310. The molecule has 1 heterocycles. The molecule has 0 radical (unpaired) electrons. The SMILES string of the molecule is C[C@@H](COc1ncc(Cl)cc1[N+](=O)[O-])OC(=O)NC(C)(C)C. The number of pyridine rings is 1. The first kappa shape index (κ1) is 18.0. The predicted molar refractivity (Wildman–Crippen MR) is 80.2 cm³/mol. The second-order valence-corrected chi connectivity index (χ2v) is 6.07. The molecule has 1 amide bonds. The number of ether oxygens (including phenoxy) is 2. The maximum atomic E-state index is 11.6. The fourth-order valence-electron chi connectivity index (χ4n) is 1.41. The van der Waals surface area contributed by atoms with Crippen molar-refractivity contribution in [2.24, 2.45) is 0 Å². The fraction of sp³-hybridized carbons (Fsp3) is 0.538. The van der Waals surface area contributed by atoms with Crippen molar-refractivity contribution in [2.75, 3.05) is 6.61 Å². The molecule has 122 valence electrons. The molecule has 1 aromatic rings. The number of aromatic nitrogens is 1. The van der Waals surface area contributed by atoms with Crippen molar-refractivity contribution in [3.63, 3.8) is 0 Å². The van der Waals surface area contributed by atoms with Crippen molar-refractivity contribution >= 4 is 23.4 Å². The number of hydrogen-bond donors (Lipinski definition) is 1. The highest BCUT2D eigenvalue weighted by Crippen LogP contribution is 2.27. The molecule has 0 saturated heterocycles. The summed E-state index contributed by atoms with van der Waals surface area (Å²) in [5.74, 6) is -0.180. The van der Waals surface area contributed by atoms with Gasteiger partial charge in [0.05, 0.1) is 16.1 Å². The van der Waals surface area contributed by atoms with E-state index in [0.717, 1.165) is 6.07 Å². The molecular weight excluding hydrogens is 314 g/mol. The third-order valence-corrected chi connectivity index (χ3v) is 2.44. The number of amides is 1. The van der Waals surface area contributed by atoms with Crippen LogP contribution in [0.4, 0.5) is 10.5 Å². The topological polar surface area (TPSA) is 104 Å². The molecule has 0 fully saturated rings. The lowest BCUT2D eigenvalue weighted by molar-refractivity contribution is -0.386. The lowest BCUT2D eigenvalue weighted by Crippen LogP contribution is -2.42. The lowest BCUT2D eigenvalue weighted by Gasteiger charge is -2.22. The van der Waals surface area contributed by atoms with E-state index in [-0.39, 0.29) is 23.2 Å². The van der Waals surface area contributed by atoms with Gasteiger partial charge in [0.25, 0.3) is 5.88 Å².